The molecule has 0 amide bonds. The summed E-state index contributed by atoms with van der Waals surface area (Å²) in [5, 5.41) is 0. The fraction of sp³-hybridized carbons (Fsp3) is 0.889. The summed E-state index contributed by atoms with van der Waals surface area (Å²) in [5.41, 5.74) is 0. The third-order valence-electron chi connectivity index (χ3n) is 1.99. The van der Waals surface area contributed by atoms with Gasteiger partial charge in [-0.05, 0) is 19.8 Å². The topological polar surface area (TPSA) is 29.5 Å². The van der Waals surface area contributed by atoms with Crippen LogP contribution in [-0.2, 0) is 9.53 Å². The maximum atomic E-state index is 11.0. The van der Waals surface area contributed by atoms with E-state index in [9.17, 15) is 4.79 Å². The molecule has 0 aliphatic carbocycles. The van der Waals surface area contributed by atoms with Gasteiger partial charge < -0.3 is 4.74 Å². The van der Waals surface area contributed by atoms with Crippen LogP contribution in [0.15, 0.2) is 0 Å². The van der Waals surface area contributed by atoms with E-state index >= 15 is 0 Å². The minimum Gasteiger partial charge on any atom is -0.465 e. The van der Waals surface area contributed by atoms with E-state index < -0.39 is 0 Å². The molecule has 0 saturated carbocycles. The van der Waals surface area contributed by atoms with Crippen molar-refractivity contribution in [3.8, 4) is 0 Å². The van der Waals surface area contributed by atoms with Crippen molar-refractivity contribution >= 4 is 17.9 Å². The van der Waals surface area contributed by atoms with E-state index in [1.165, 1.54) is 19.3 Å². The molecule has 0 spiro atoms. The molecule has 13 heavy (non-hydrogen) atoms. The Bertz CT molecular complexity index is 158. The zero-order valence-electron chi connectivity index (χ0n) is 8.12. The number of carbonyl (C=O) groups excluding carboxylic acids is 1. The Morgan fingerprint density at radius 1 is 1.38 bits per heavy atom. The minimum atomic E-state index is -0.0990. The van der Waals surface area contributed by atoms with Crippen molar-refractivity contribution in [1.29, 1.82) is 0 Å². The smallest absolute Gasteiger partial charge is 0.317 e. The maximum Gasteiger partial charge on any atom is 0.317 e. The molecule has 0 aromatic heterocycles. The lowest BCUT2D eigenvalue weighted by molar-refractivity contribution is -0.139. The van der Waals surface area contributed by atoms with Gasteiger partial charge in [0.25, 0.3) is 0 Å². The molecule has 0 N–H and O–H groups in total. The Labute approximate surface area is 83.9 Å². The van der Waals surface area contributed by atoms with Crippen molar-refractivity contribution in [3.05, 3.63) is 0 Å². The van der Waals surface area contributed by atoms with Crippen LogP contribution in [0.1, 0.15) is 26.2 Å². The standard InChI is InChI=1S/C9H17NO2S/c1-2-12-9(11)8-13-10-6-4-3-5-7-10/h2-8H2,1H3. The third-order valence-corrected chi connectivity index (χ3v) is 3.08. The Kier molecular flexibility index (Phi) is 5.23. The number of ether oxygens (including phenoxy) is 1. The largest absolute Gasteiger partial charge is 0.465 e. The molecule has 76 valence electrons. The molecule has 0 radical (unpaired) electrons. The van der Waals surface area contributed by atoms with Crippen LogP contribution >= 0.6 is 11.9 Å². The summed E-state index contributed by atoms with van der Waals surface area (Å²) in [6.07, 6.45) is 3.85. The Hall–Kier alpha value is -0.220. The predicted octanol–water partition coefficient (Wildman–Crippen LogP) is 1.68. The minimum absolute atomic E-state index is 0.0990. The van der Waals surface area contributed by atoms with Crippen molar-refractivity contribution in [2.24, 2.45) is 0 Å². The van der Waals surface area contributed by atoms with Gasteiger partial charge in [0, 0.05) is 13.1 Å². The van der Waals surface area contributed by atoms with Crippen LogP contribution in [0.25, 0.3) is 0 Å². The summed E-state index contributed by atoms with van der Waals surface area (Å²) in [7, 11) is 0. The number of nitrogens with zero attached hydrogens (tertiary/aromatic N) is 1. The van der Waals surface area contributed by atoms with Crippen molar-refractivity contribution in [2.45, 2.75) is 26.2 Å². The molecular weight excluding hydrogens is 186 g/mol. The van der Waals surface area contributed by atoms with E-state index in [0.29, 0.717) is 12.4 Å². The first-order chi connectivity index (χ1) is 6.33. The predicted molar refractivity (Wildman–Crippen MR) is 54.5 cm³/mol. The highest BCUT2D eigenvalue weighted by Gasteiger charge is 2.12. The highest BCUT2D eigenvalue weighted by atomic mass is 32.2. The second kappa shape index (κ2) is 6.27. The van der Waals surface area contributed by atoms with E-state index in [1.54, 1.807) is 11.9 Å². The molecule has 1 heterocycles. The molecule has 4 heteroatoms. The molecule has 1 fully saturated rings. The average molecular weight is 203 g/mol. The quantitative estimate of drug-likeness (QED) is 0.513. The second-order valence-corrected chi connectivity index (χ2v) is 4.13. The van der Waals surface area contributed by atoms with Gasteiger partial charge in [-0.3, -0.25) is 9.10 Å². The summed E-state index contributed by atoms with van der Waals surface area (Å²) in [5.74, 6) is 0.367. The molecule has 1 saturated heterocycles. The van der Waals surface area contributed by atoms with E-state index in [4.69, 9.17) is 4.74 Å². The maximum absolute atomic E-state index is 11.0. The molecule has 0 aromatic carbocycles. The van der Waals surface area contributed by atoms with Crippen molar-refractivity contribution < 1.29 is 9.53 Å². The number of carbonyl (C=O) groups is 1. The molecule has 1 rings (SSSR count). The normalized spacial score (nSPS) is 18.5. The lowest BCUT2D eigenvalue weighted by atomic mass is 10.2. The molecule has 0 atom stereocenters. The fourth-order valence-electron chi connectivity index (χ4n) is 1.34. The molecular formula is C9H17NO2S. The molecule has 0 bridgehead atoms. The first-order valence-corrected chi connectivity index (χ1v) is 5.80. The summed E-state index contributed by atoms with van der Waals surface area (Å²) < 4.78 is 7.11. The van der Waals surface area contributed by atoms with E-state index in [-0.39, 0.29) is 5.97 Å². The molecule has 0 unspecified atom stereocenters. The summed E-state index contributed by atoms with van der Waals surface area (Å²) >= 11 is 1.60. The monoisotopic (exact) mass is 203 g/mol. The molecule has 0 aromatic rings. The zero-order chi connectivity index (χ0) is 9.52. The molecule has 1 aliphatic rings. The Balaban J connectivity index is 2.06. The van der Waals surface area contributed by atoms with Crippen LogP contribution in [0.3, 0.4) is 0 Å². The van der Waals surface area contributed by atoms with Gasteiger partial charge >= 0.3 is 5.97 Å². The second-order valence-electron chi connectivity index (χ2n) is 3.07. The fourth-order valence-corrected chi connectivity index (χ4v) is 2.23. The lowest BCUT2D eigenvalue weighted by Gasteiger charge is -2.24. The van der Waals surface area contributed by atoms with Gasteiger partial charge in [-0.15, -0.1) is 0 Å². The third kappa shape index (κ3) is 4.52. The van der Waals surface area contributed by atoms with Crippen LogP contribution in [-0.4, -0.2) is 35.7 Å². The van der Waals surface area contributed by atoms with E-state index in [0.717, 1.165) is 13.1 Å². The van der Waals surface area contributed by atoms with Crippen LogP contribution in [0.4, 0.5) is 0 Å². The van der Waals surface area contributed by atoms with Crippen molar-refractivity contribution in [2.75, 3.05) is 25.4 Å². The molecule has 3 nitrogen and oxygen atoms in total. The van der Waals surface area contributed by atoms with E-state index in [1.807, 2.05) is 6.92 Å². The number of piperidine rings is 1. The van der Waals surface area contributed by atoms with Crippen LogP contribution < -0.4 is 0 Å². The van der Waals surface area contributed by atoms with Gasteiger partial charge in [-0.1, -0.05) is 18.4 Å². The van der Waals surface area contributed by atoms with Crippen molar-refractivity contribution in [3.63, 3.8) is 0 Å². The van der Waals surface area contributed by atoms with Gasteiger partial charge in [0.15, 0.2) is 0 Å². The lowest BCUT2D eigenvalue weighted by Crippen LogP contribution is -2.25. The van der Waals surface area contributed by atoms with Gasteiger partial charge in [-0.25, -0.2) is 0 Å². The van der Waals surface area contributed by atoms with Crippen LogP contribution in [0.5, 0.6) is 0 Å². The zero-order valence-corrected chi connectivity index (χ0v) is 8.94. The highest BCUT2D eigenvalue weighted by Crippen LogP contribution is 2.17. The SMILES string of the molecule is CCOC(=O)CSN1CCCCC1. The van der Waals surface area contributed by atoms with Crippen LogP contribution in [0, 0.1) is 0 Å². The Morgan fingerprint density at radius 3 is 2.69 bits per heavy atom. The van der Waals surface area contributed by atoms with Gasteiger partial charge in [0.05, 0.1) is 6.61 Å². The summed E-state index contributed by atoms with van der Waals surface area (Å²) in [4.78, 5) is 11.0. The Morgan fingerprint density at radius 2 is 2.08 bits per heavy atom. The number of hydrogen-bond acceptors (Lipinski definition) is 4. The highest BCUT2D eigenvalue weighted by molar-refractivity contribution is 7.97. The van der Waals surface area contributed by atoms with Gasteiger partial charge in [0.1, 0.15) is 5.75 Å². The summed E-state index contributed by atoms with van der Waals surface area (Å²) in [6.45, 7) is 4.55. The number of esters is 1. The molecule has 1 aliphatic heterocycles. The van der Waals surface area contributed by atoms with Gasteiger partial charge in [0.2, 0.25) is 0 Å². The number of hydrogen-bond donors (Lipinski definition) is 0. The van der Waals surface area contributed by atoms with Crippen LogP contribution in [0.2, 0.25) is 0 Å². The van der Waals surface area contributed by atoms with Gasteiger partial charge in [-0.2, -0.15) is 0 Å². The first kappa shape index (κ1) is 10.9. The number of rotatable bonds is 4. The summed E-state index contributed by atoms with van der Waals surface area (Å²) in [6, 6.07) is 0. The van der Waals surface area contributed by atoms with Crippen molar-refractivity contribution in [1.82, 2.24) is 4.31 Å². The first-order valence-electron chi connectivity index (χ1n) is 4.86. The average Bonchev–Trinajstić information content (AvgIpc) is 2.17. The van der Waals surface area contributed by atoms with E-state index in [2.05, 4.69) is 4.31 Å².